The monoisotopic (exact) mass is 421 g/mol. The summed E-state index contributed by atoms with van der Waals surface area (Å²) in [5.74, 6) is -1.08. The fourth-order valence-corrected chi connectivity index (χ4v) is 2.85. The largest absolute Gasteiger partial charge is 0.457 e. The summed E-state index contributed by atoms with van der Waals surface area (Å²) >= 11 is 5.19. The first kappa shape index (κ1) is 20.7. The van der Waals surface area contributed by atoms with Crippen LogP contribution in [0.2, 0.25) is 0 Å². The first-order valence-corrected chi connectivity index (χ1v) is 9.03. The van der Waals surface area contributed by atoms with Crippen molar-refractivity contribution in [1.82, 2.24) is 0 Å². The number of alkyl halides is 3. The molecule has 150 valence electrons. The van der Waals surface area contributed by atoms with Crippen LogP contribution in [0.1, 0.15) is 18.1 Å². The molecule has 3 atom stereocenters. The number of carbonyl (C=O) groups is 1. The zero-order chi connectivity index (χ0) is 21.0. The maximum absolute atomic E-state index is 12.5. The Hall–Kier alpha value is -2.98. The van der Waals surface area contributed by atoms with E-state index in [1.54, 1.807) is 36.4 Å². The summed E-state index contributed by atoms with van der Waals surface area (Å²) in [6.45, 7) is 0. The molecule has 8 heteroatoms. The van der Waals surface area contributed by atoms with Crippen LogP contribution in [0.5, 0.6) is 11.5 Å². The van der Waals surface area contributed by atoms with Gasteiger partial charge in [-0.1, -0.05) is 48.0 Å². The van der Waals surface area contributed by atoms with Gasteiger partial charge in [-0.15, -0.1) is 0 Å². The highest BCUT2D eigenvalue weighted by atomic mass is 35.5. The molecule has 1 aliphatic carbocycles. The highest BCUT2D eigenvalue weighted by Gasteiger charge is 2.46. The Kier molecular flexibility index (Phi) is 6.14. The lowest BCUT2D eigenvalue weighted by Gasteiger charge is -2.13. The lowest BCUT2D eigenvalue weighted by molar-refractivity contribution is -0.148. The summed E-state index contributed by atoms with van der Waals surface area (Å²) < 4.78 is 48.3. The van der Waals surface area contributed by atoms with E-state index in [2.05, 4.69) is 0 Å². The second-order valence-electron chi connectivity index (χ2n) is 6.45. The summed E-state index contributed by atoms with van der Waals surface area (Å²) in [7, 11) is 0. The number of allylic oxidation sites excluding steroid dienone is 2. The van der Waals surface area contributed by atoms with E-state index in [0.29, 0.717) is 17.1 Å². The predicted octanol–water partition coefficient (Wildman–Crippen LogP) is 5.91. The van der Waals surface area contributed by atoms with Crippen molar-refractivity contribution >= 4 is 17.6 Å². The average molecular weight is 422 g/mol. The number of rotatable bonds is 6. The number of nitrogens with zero attached hydrogens (tertiary/aromatic N) is 1. The van der Waals surface area contributed by atoms with Crippen LogP contribution in [0.4, 0.5) is 13.2 Å². The third kappa shape index (κ3) is 5.52. The van der Waals surface area contributed by atoms with Crippen LogP contribution >= 0.6 is 11.6 Å². The number of halogens is 4. The normalized spacial score (nSPS) is 19.8. The standard InChI is InChI=1S/C21H15ClF3NO3/c22-19(21(23,24)25)11-14-10-17(14)20(27)29-18(12-26)13-5-4-8-16(9-13)28-15-6-2-1-3-7-15/h1-9,11,14,17-18H,10H2/b19-11-/t14-,17-,18-/m1/s1. The number of nitriles is 1. The molecule has 0 bridgehead atoms. The van der Waals surface area contributed by atoms with Crippen LogP contribution in [0.25, 0.3) is 0 Å². The third-order valence-corrected chi connectivity index (χ3v) is 4.61. The molecule has 0 N–H and O–H groups in total. The van der Waals surface area contributed by atoms with Crippen molar-refractivity contribution in [2.24, 2.45) is 11.8 Å². The number of carbonyl (C=O) groups excluding carboxylic acids is 1. The van der Waals surface area contributed by atoms with Crippen LogP contribution in [-0.4, -0.2) is 12.1 Å². The van der Waals surface area contributed by atoms with Crippen molar-refractivity contribution in [2.75, 3.05) is 0 Å². The van der Waals surface area contributed by atoms with Crippen molar-refractivity contribution in [3.05, 3.63) is 71.3 Å². The Balaban J connectivity index is 1.64. The van der Waals surface area contributed by atoms with Crippen molar-refractivity contribution < 1.29 is 27.4 Å². The van der Waals surface area contributed by atoms with Gasteiger partial charge in [-0.25, -0.2) is 0 Å². The van der Waals surface area contributed by atoms with E-state index in [9.17, 15) is 23.2 Å². The number of benzene rings is 2. The minimum atomic E-state index is -4.65. The van der Waals surface area contributed by atoms with Crippen molar-refractivity contribution in [3.8, 4) is 17.6 Å². The van der Waals surface area contributed by atoms with Gasteiger partial charge in [0.15, 0.2) is 0 Å². The minimum Gasteiger partial charge on any atom is -0.457 e. The number of hydrogen-bond donors (Lipinski definition) is 0. The van der Waals surface area contributed by atoms with Crippen LogP contribution < -0.4 is 4.74 Å². The summed E-state index contributed by atoms with van der Waals surface area (Å²) in [5.41, 5.74) is 0.398. The molecule has 3 rings (SSSR count). The van der Waals surface area contributed by atoms with Gasteiger partial charge in [0.25, 0.3) is 0 Å². The Morgan fingerprint density at radius 3 is 2.52 bits per heavy atom. The van der Waals surface area contributed by atoms with Gasteiger partial charge >= 0.3 is 12.1 Å². The predicted molar refractivity (Wildman–Crippen MR) is 99.0 cm³/mol. The van der Waals surface area contributed by atoms with Gasteiger partial charge in [-0.05, 0) is 36.6 Å². The molecule has 2 aromatic carbocycles. The molecule has 0 radical (unpaired) electrons. The van der Waals surface area contributed by atoms with E-state index in [0.717, 1.165) is 6.08 Å². The molecule has 0 spiro atoms. The Labute approximate surface area is 170 Å². The van der Waals surface area contributed by atoms with E-state index < -0.39 is 35.1 Å². The Morgan fingerprint density at radius 1 is 1.17 bits per heavy atom. The zero-order valence-corrected chi connectivity index (χ0v) is 15.7. The van der Waals surface area contributed by atoms with Gasteiger partial charge < -0.3 is 9.47 Å². The second-order valence-corrected chi connectivity index (χ2v) is 6.86. The molecule has 29 heavy (non-hydrogen) atoms. The maximum Gasteiger partial charge on any atom is 0.426 e. The molecule has 0 heterocycles. The molecule has 1 saturated carbocycles. The molecule has 0 aromatic heterocycles. The van der Waals surface area contributed by atoms with Gasteiger partial charge in [-0.2, -0.15) is 18.4 Å². The first-order valence-electron chi connectivity index (χ1n) is 8.65. The van der Waals surface area contributed by atoms with E-state index in [1.807, 2.05) is 24.3 Å². The van der Waals surface area contributed by atoms with Crippen LogP contribution in [0.3, 0.4) is 0 Å². The quantitative estimate of drug-likeness (QED) is 0.544. The lowest BCUT2D eigenvalue weighted by atomic mass is 10.1. The maximum atomic E-state index is 12.5. The number of ether oxygens (including phenoxy) is 2. The van der Waals surface area contributed by atoms with Crippen molar-refractivity contribution in [2.45, 2.75) is 18.7 Å². The molecule has 2 aromatic rings. The fraction of sp³-hybridized carbons (Fsp3) is 0.238. The molecular weight excluding hydrogens is 407 g/mol. The van der Waals surface area contributed by atoms with E-state index >= 15 is 0 Å². The third-order valence-electron chi connectivity index (χ3n) is 4.26. The van der Waals surface area contributed by atoms with Crippen LogP contribution in [0, 0.1) is 23.2 Å². The van der Waals surface area contributed by atoms with E-state index in [-0.39, 0.29) is 6.42 Å². The summed E-state index contributed by atoms with van der Waals surface area (Å²) in [6, 6.07) is 17.4. The van der Waals surface area contributed by atoms with E-state index in [4.69, 9.17) is 21.1 Å². The molecule has 0 unspecified atom stereocenters. The second kappa shape index (κ2) is 8.58. The molecule has 1 aliphatic rings. The molecular formula is C21H15ClF3NO3. The molecule has 1 fully saturated rings. The van der Waals surface area contributed by atoms with Gasteiger partial charge in [0.2, 0.25) is 6.10 Å². The summed E-state index contributed by atoms with van der Waals surface area (Å²) in [5, 5.41) is 8.12. The summed E-state index contributed by atoms with van der Waals surface area (Å²) in [4.78, 5) is 12.2. The van der Waals surface area contributed by atoms with Crippen molar-refractivity contribution in [3.63, 3.8) is 0 Å². The van der Waals surface area contributed by atoms with E-state index in [1.165, 1.54) is 0 Å². The molecule has 0 aliphatic heterocycles. The van der Waals surface area contributed by atoms with Gasteiger partial charge in [0, 0.05) is 5.56 Å². The van der Waals surface area contributed by atoms with Gasteiger partial charge in [-0.3, -0.25) is 4.79 Å². The van der Waals surface area contributed by atoms with Gasteiger partial charge in [0.05, 0.1) is 5.92 Å². The molecule has 4 nitrogen and oxygen atoms in total. The lowest BCUT2D eigenvalue weighted by Crippen LogP contribution is -2.13. The fourth-order valence-electron chi connectivity index (χ4n) is 2.69. The van der Waals surface area contributed by atoms with Crippen LogP contribution in [0.15, 0.2) is 65.7 Å². The zero-order valence-electron chi connectivity index (χ0n) is 14.9. The first-order chi connectivity index (χ1) is 13.8. The smallest absolute Gasteiger partial charge is 0.426 e. The van der Waals surface area contributed by atoms with Crippen molar-refractivity contribution in [1.29, 1.82) is 5.26 Å². The minimum absolute atomic E-state index is 0.195. The van der Waals surface area contributed by atoms with Gasteiger partial charge in [0.1, 0.15) is 22.6 Å². The number of hydrogen-bond acceptors (Lipinski definition) is 4. The summed E-state index contributed by atoms with van der Waals surface area (Å²) in [6.07, 6.45) is -4.85. The highest BCUT2D eigenvalue weighted by Crippen LogP contribution is 2.44. The average Bonchev–Trinajstić information content (AvgIpc) is 3.45. The number of para-hydroxylation sites is 1. The Morgan fingerprint density at radius 2 is 1.86 bits per heavy atom. The molecule has 0 amide bonds. The Bertz CT molecular complexity index is 954. The van der Waals surface area contributed by atoms with Crippen LogP contribution in [-0.2, 0) is 9.53 Å². The number of esters is 1. The molecule has 0 saturated heterocycles. The topological polar surface area (TPSA) is 59.3 Å². The SMILES string of the molecule is N#C[C@@H](OC(=O)[C@@H]1C[C@@H]1/C=C(\Cl)C(F)(F)F)c1cccc(Oc2ccccc2)c1. The highest BCUT2D eigenvalue weighted by molar-refractivity contribution is 6.30.